The predicted octanol–water partition coefficient (Wildman–Crippen LogP) is 2.77. The molecular formula is C15H19NO3. The zero-order valence-corrected chi connectivity index (χ0v) is 11.0. The Bertz CT molecular complexity index is 484. The van der Waals surface area contributed by atoms with E-state index in [0.29, 0.717) is 5.69 Å². The van der Waals surface area contributed by atoms with Crippen molar-refractivity contribution in [1.82, 2.24) is 4.98 Å². The first-order valence-electron chi connectivity index (χ1n) is 7.29. The van der Waals surface area contributed by atoms with Gasteiger partial charge in [0.05, 0.1) is 12.1 Å². The quantitative estimate of drug-likeness (QED) is 0.908. The average molecular weight is 261 g/mol. The van der Waals surface area contributed by atoms with Crippen LogP contribution in [0.25, 0.3) is 0 Å². The summed E-state index contributed by atoms with van der Waals surface area (Å²) in [5.41, 5.74) is 0.769. The Balaban J connectivity index is 1.72. The maximum absolute atomic E-state index is 11.0. The van der Waals surface area contributed by atoms with Crippen LogP contribution in [0, 0.1) is 17.8 Å². The van der Waals surface area contributed by atoms with Crippen LogP contribution >= 0.6 is 0 Å². The Morgan fingerprint density at radius 3 is 2.37 bits per heavy atom. The van der Waals surface area contributed by atoms with Crippen molar-refractivity contribution in [1.29, 1.82) is 0 Å². The predicted molar refractivity (Wildman–Crippen MR) is 67.7 cm³/mol. The molecule has 4 nitrogen and oxygen atoms in total. The fraction of sp³-hybridized carbons (Fsp3) is 0.733. The zero-order valence-electron chi connectivity index (χ0n) is 11.0. The highest BCUT2D eigenvalue weighted by Crippen LogP contribution is 2.61. The molecule has 4 aliphatic rings. The molecule has 1 aromatic rings. The van der Waals surface area contributed by atoms with Gasteiger partial charge in [-0.2, -0.15) is 0 Å². The SMILES string of the molecule is O=C(O)Cc1ncoc1C12CC3CC(CC(C3)C1)C2. The van der Waals surface area contributed by atoms with Crippen LogP contribution in [0.3, 0.4) is 0 Å². The summed E-state index contributed by atoms with van der Waals surface area (Å²) < 4.78 is 5.68. The fourth-order valence-electron chi connectivity index (χ4n) is 5.36. The Kier molecular flexibility index (Phi) is 2.32. The number of nitrogens with zero attached hydrogens (tertiary/aromatic N) is 1. The minimum Gasteiger partial charge on any atom is -0.481 e. The topological polar surface area (TPSA) is 63.3 Å². The number of oxazole rings is 1. The number of hydrogen-bond donors (Lipinski definition) is 1. The maximum Gasteiger partial charge on any atom is 0.309 e. The molecule has 0 saturated heterocycles. The molecule has 1 aromatic heterocycles. The lowest BCUT2D eigenvalue weighted by Crippen LogP contribution is -2.48. The Morgan fingerprint density at radius 2 is 1.84 bits per heavy atom. The lowest BCUT2D eigenvalue weighted by Gasteiger charge is -2.56. The highest BCUT2D eigenvalue weighted by Gasteiger charge is 2.54. The summed E-state index contributed by atoms with van der Waals surface area (Å²) in [6.07, 6.45) is 9.10. The molecule has 4 bridgehead atoms. The van der Waals surface area contributed by atoms with Crippen molar-refractivity contribution in [3.8, 4) is 0 Å². The highest BCUT2D eigenvalue weighted by molar-refractivity contribution is 5.69. The number of carboxylic acids is 1. The van der Waals surface area contributed by atoms with Crippen LogP contribution in [0.1, 0.15) is 50.0 Å². The first-order valence-corrected chi connectivity index (χ1v) is 7.29. The van der Waals surface area contributed by atoms with Gasteiger partial charge in [0.25, 0.3) is 0 Å². The summed E-state index contributed by atoms with van der Waals surface area (Å²) in [4.78, 5) is 15.1. The van der Waals surface area contributed by atoms with Crippen LogP contribution in [0.15, 0.2) is 10.8 Å². The second-order valence-corrected chi connectivity index (χ2v) is 6.90. The van der Waals surface area contributed by atoms with E-state index in [-0.39, 0.29) is 11.8 Å². The molecule has 0 spiro atoms. The van der Waals surface area contributed by atoms with E-state index in [4.69, 9.17) is 9.52 Å². The molecule has 0 unspecified atom stereocenters. The number of aromatic nitrogens is 1. The fourth-order valence-corrected chi connectivity index (χ4v) is 5.36. The van der Waals surface area contributed by atoms with E-state index in [1.807, 2.05) is 0 Å². The van der Waals surface area contributed by atoms with Gasteiger partial charge in [-0.3, -0.25) is 4.79 Å². The summed E-state index contributed by atoms with van der Waals surface area (Å²) in [7, 11) is 0. The molecule has 0 atom stereocenters. The molecule has 0 aliphatic heterocycles. The minimum absolute atomic E-state index is 0.00637. The largest absolute Gasteiger partial charge is 0.481 e. The van der Waals surface area contributed by atoms with E-state index in [9.17, 15) is 4.79 Å². The smallest absolute Gasteiger partial charge is 0.309 e. The van der Waals surface area contributed by atoms with E-state index >= 15 is 0 Å². The maximum atomic E-state index is 11.0. The van der Waals surface area contributed by atoms with Crippen LogP contribution in [-0.4, -0.2) is 16.1 Å². The summed E-state index contributed by atoms with van der Waals surface area (Å²) in [6, 6.07) is 0. The number of hydrogen-bond acceptors (Lipinski definition) is 3. The molecule has 1 heterocycles. The molecule has 4 heteroatoms. The van der Waals surface area contributed by atoms with Gasteiger partial charge in [-0.1, -0.05) is 0 Å². The normalized spacial score (nSPS) is 39.7. The monoisotopic (exact) mass is 261 g/mol. The van der Waals surface area contributed by atoms with Gasteiger partial charge in [0.2, 0.25) is 0 Å². The van der Waals surface area contributed by atoms with Crippen molar-refractivity contribution in [2.24, 2.45) is 17.8 Å². The number of carboxylic acid groups (broad SMARTS) is 1. The number of aliphatic carboxylic acids is 1. The van der Waals surface area contributed by atoms with Gasteiger partial charge < -0.3 is 9.52 Å². The van der Waals surface area contributed by atoms with Crippen molar-refractivity contribution >= 4 is 5.97 Å². The Morgan fingerprint density at radius 1 is 1.26 bits per heavy atom. The average Bonchev–Trinajstić information content (AvgIpc) is 2.74. The molecule has 4 fully saturated rings. The van der Waals surface area contributed by atoms with Crippen LogP contribution in [-0.2, 0) is 16.6 Å². The first kappa shape index (κ1) is 11.5. The number of rotatable bonds is 3. The molecule has 1 N–H and O–H groups in total. The van der Waals surface area contributed by atoms with Crippen molar-refractivity contribution in [3.63, 3.8) is 0 Å². The molecule has 0 amide bonds. The Labute approximate surface area is 112 Å². The van der Waals surface area contributed by atoms with Gasteiger partial charge in [0, 0.05) is 5.41 Å². The van der Waals surface area contributed by atoms with Gasteiger partial charge >= 0.3 is 5.97 Å². The lowest BCUT2D eigenvalue weighted by atomic mass is 9.49. The van der Waals surface area contributed by atoms with Gasteiger partial charge in [-0.15, -0.1) is 0 Å². The van der Waals surface area contributed by atoms with Gasteiger partial charge in [0.15, 0.2) is 6.39 Å². The van der Waals surface area contributed by atoms with Gasteiger partial charge in [-0.25, -0.2) is 4.98 Å². The molecule has 4 aliphatic carbocycles. The highest BCUT2D eigenvalue weighted by atomic mass is 16.4. The van der Waals surface area contributed by atoms with E-state index in [2.05, 4.69) is 4.98 Å². The minimum atomic E-state index is -0.820. The van der Waals surface area contributed by atoms with Crippen molar-refractivity contribution in [2.45, 2.75) is 50.4 Å². The van der Waals surface area contributed by atoms with E-state index in [0.717, 1.165) is 23.5 Å². The van der Waals surface area contributed by atoms with Crippen molar-refractivity contribution in [2.75, 3.05) is 0 Å². The third-order valence-electron chi connectivity index (χ3n) is 5.48. The van der Waals surface area contributed by atoms with E-state index < -0.39 is 5.97 Å². The Hall–Kier alpha value is -1.32. The summed E-state index contributed by atoms with van der Waals surface area (Å²) in [6.45, 7) is 0. The standard InChI is InChI=1S/C15H19NO3/c17-13(18)4-12-14(19-8-16-12)15-5-9-1-10(6-15)3-11(2-9)7-15/h8-11H,1-7H2,(H,17,18). The molecule has 0 radical (unpaired) electrons. The van der Waals surface area contributed by atoms with E-state index in [1.165, 1.54) is 44.9 Å². The van der Waals surface area contributed by atoms with Gasteiger partial charge in [-0.05, 0) is 56.3 Å². The second-order valence-electron chi connectivity index (χ2n) is 6.90. The zero-order chi connectivity index (χ0) is 13.0. The summed E-state index contributed by atoms with van der Waals surface area (Å²) in [5, 5.41) is 9.01. The molecular weight excluding hydrogens is 242 g/mol. The van der Waals surface area contributed by atoms with Crippen LogP contribution in [0.4, 0.5) is 0 Å². The van der Waals surface area contributed by atoms with Crippen LogP contribution in [0.5, 0.6) is 0 Å². The van der Waals surface area contributed by atoms with E-state index in [1.54, 1.807) is 0 Å². The van der Waals surface area contributed by atoms with Crippen LogP contribution < -0.4 is 0 Å². The first-order chi connectivity index (χ1) is 9.14. The summed E-state index contributed by atoms with van der Waals surface area (Å²) >= 11 is 0. The third-order valence-corrected chi connectivity index (χ3v) is 5.48. The molecule has 4 saturated carbocycles. The van der Waals surface area contributed by atoms with Gasteiger partial charge in [0.1, 0.15) is 5.76 Å². The molecule has 5 rings (SSSR count). The molecule has 102 valence electrons. The van der Waals surface area contributed by atoms with Crippen molar-refractivity contribution in [3.05, 3.63) is 17.8 Å². The summed E-state index contributed by atoms with van der Waals surface area (Å²) in [5.74, 6) is 2.56. The van der Waals surface area contributed by atoms with Crippen molar-refractivity contribution < 1.29 is 14.3 Å². The second kappa shape index (κ2) is 3.84. The molecule has 19 heavy (non-hydrogen) atoms. The lowest BCUT2D eigenvalue weighted by molar-refractivity contribution is -0.136. The third kappa shape index (κ3) is 1.72. The van der Waals surface area contributed by atoms with Crippen LogP contribution in [0.2, 0.25) is 0 Å². The number of carbonyl (C=O) groups is 1. The molecule has 0 aromatic carbocycles.